The summed E-state index contributed by atoms with van der Waals surface area (Å²) in [6.45, 7) is 3.05. The minimum Gasteiger partial charge on any atom is -0.378 e. The molecule has 1 heterocycles. The van der Waals surface area contributed by atoms with E-state index in [0.29, 0.717) is 18.1 Å². The summed E-state index contributed by atoms with van der Waals surface area (Å²) in [5, 5.41) is 0. The van der Waals surface area contributed by atoms with Gasteiger partial charge in [0.05, 0.1) is 12.7 Å². The molecule has 1 saturated heterocycles. The topological polar surface area (TPSA) is 35.2 Å². The number of hydrogen-bond acceptors (Lipinski definition) is 2. The first-order valence-electron chi connectivity index (χ1n) is 6.13. The third-order valence-corrected chi connectivity index (χ3v) is 3.92. The summed E-state index contributed by atoms with van der Waals surface area (Å²) in [5.74, 6) is 1.55. The van der Waals surface area contributed by atoms with Crippen LogP contribution in [0.2, 0.25) is 0 Å². The van der Waals surface area contributed by atoms with E-state index < -0.39 is 0 Å². The van der Waals surface area contributed by atoms with Gasteiger partial charge in [-0.05, 0) is 31.6 Å². The zero-order valence-corrected chi connectivity index (χ0v) is 9.24. The molecule has 2 N–H and O–H groups in total. The summed E-state index contributed by atoms with van der Waals surface area (Å²) in [6, 6.07) is 0.392. The predicted octanol–water partition coefficient (Wildman–Crippen LogP) is 2.32. The monoisotopic (exact) mass is 197 g/mol. The maximum absolute atomic E-state index is 6.24. The summed E-state index contributed by atoms with van der Waals surface area (Å²) in [7, 11) is 0. The molecule has 2 heteroatoms. The zero-order valence-electron chi connectivity index (χ0n) is 9.24. The highest BCUT2D eigenvalue weighted by Crippen LogP contribution is 2.31. The predicted molar refractivity (Wildman–Crippen MR) is 58.1 cm³/mol. The summed E-state index contributed by atoms with van der Waals surface area (Å²) in [4.78, 5) is 0. The Bertz CT molecular complexity index is 177. The molecule has 1 aliphatic carbocycles. The Kier molecular flexibility index (Phi) is 3.45. The largest absolute Gasteiger partial charge is 0.378 e. The van der Waals surface area contributed by atoms with Crippen molar-refractivity contribution in [1.82, 2.24) is 0 Å². The number of nitrogens with two attached hydrogens (primary N) is 1. The Labute approximate surface area is 87.2 Å². The summed E-state index contributed by atoms with van der Waals surface area (Å²) < 4.78 is 5.57. The van der Waals surface area contributed by atoms with Gasteiger partial charge in [0, 0.05) is 6.04 Å². The maximum Gasteiger partial charge on any atom is 0.0551 e. The molecule has 1 saturated carbocycles. The van der Waals surface area contributed by atoms with Crippen LogP contribution < -0.4 is 5.73 Å². The fourth-order valence-corrected chi connectivity index (χ4v) is 2.97. The lowest BCUT2D eigenvalue weighted by atomic mass is 9.89. The molecule has 2 fully saturated rings. The Balaban J connectivity index is 1.74. The van der Waals surface area contributed by atoms with Crippen LogP contribution in [0.4, 0.5) is 0 Å². The van der Waals surface area contributed by atoms with E-state index in [1.807, 2.05) is 0 Å². The molecule has 3 atom stereocenters. The highest BCUT2D eigenvalue weighted by molar-refractivity contribution is 4.82. The SMILES string of the molecule is CC1CC(C(N)CC2CCCC2)CO1. The van der Waals surface area contributed by atoms with Gasteiger partial charge in [0.25, 0.3) is 0 Å². The lowest BCUT2D eigenvalue weighted by Gasteiger charge is -2.21. The van der Waals surface area contributed by atoms with Gasteiger partial charge in [-0.1, -0.05) is 25.7 Å². The molecule has 0 spiro atoms. The highest BCUT2D eigenvalue weighted by atomic mass is 16.5. The van der Waals surface area contributed by atoms with E-state index in [1.54, 1.807) is 0 Å². The average molecular weight is 197 g/mol. The van der Waals surface area contributed by atoms with Crippen LogP contribution in [0.3, 0.4) is 0 Å². The fourth-order valence-electron chi connectivity index (χ4n) is 2.97. The average Bonchev–Trinajstić information content (AvgIpc) is 2.75. The lowest BCUT2D eigenvalue weighted by Crippen LogP contribution is -2.32. The summed E-state index contributed by atoms with van der Waals surface area (Å²) in [5.41, 5.74) is 6.24. The van der Waals surface area contributed by atoms with Gasteiger partial charge in [0.15, 0.2) is 0 Å². The quantitative estimate of drug-likeness (QED) is 0.753. The molecule has 82 valence electrons. The molecule has 3 unspecified atom stereocenters. The minimum absolute atomic E-state index is 0.392. The molecule has 0 bridgehead atoms. The molecular formula is C12H23NO. The smallest absolute Gasteiger partial charge is 0.0551 e. The molecule has 2 aliphatic rings. The van der Waals surface area contributed by atoms with Crippen LogP contribution in [0.5, 0.6) is 0 Å². The second-order valence-corrected chi connectivity index (χ2v) is 5.19. The first kappa shape index (κ1) is 10.4. The van der Waals surface area contributed by atoms with Crippen LogP contribution in [0.1, 0.15) is 45.4 Å². The van der Waals surface area contributed by atoms with E-state index in [2.05, 4.69) is 6.92 Å². The van der Waals surface area contributed by atoms with Crippen molar-refractivity contribution in [3.05, 3.63) is 0 Å². The molecule has 0 aromatic rings. The second kappa shape index (κ2) is 4.63. The van der Waals surface area contributed by atoms with Crippen LogP contribution in [-0.4, -0.2) is 18.8 Å². The number of hydrogen-bond donors (Lipinski definition) is 1. The van der Waals surface area contributed by atoms with Crippen molar-refractivity contribution in [2.24, 2.45) is 17.6 Å². The van der Waals surface area contributed by atoms with E-state index in [1.165, 1.54) is 38.5 Å². The lowest BCUT2D eigenvalue weighted by molar-refractivity contribution is 0.117. The fraction of sp³-hybridized carbons (Fsp3) is 1.00. The molecule has 1 aliphatic heterocycles. The Morgan fingerprint density at radius 2 is 2.07 bits per heavy atom. The van der Waals surface area contributed by atoms with Crippen LogP contribution in [0.25, 0.3) is 0 Å². The summed E-state index contributed by atoms with van der Waals surface area (Å²) >= 11 is 0. The highest BCUT2D eigenvalue weighted by Gasteiger charge is 2.29. The van der Waals surface area contributed by atoms with E-state index in [4.69, 9.17) is 10.5 Å². The Morgan fingerprint density at radius 1 is 1.36 bits per heavy atom. The minimum atomic E-state index is 0.392. The Morgan fingerprint density at radius 3 is 2.64 bits per heavy atom. The second-order valence-electron chi connectivity index (χ2n) is 5.19. The van der Waals surface area contributed by atoms with E-state index >= 15 is 0 Å². The first-order chi connectivity index (χ1) is 6.75. The zero-order chi connectivity index (χ0) is 9.97. The van der Waals surface area contributed by atoms with Crippen LogP contribution in [0.15, 0.2) is 0 Å². The first-order valence-corrected chi connectivity index (χ1v) is 6.13. The van der Waals surface area contributed by atoms with Crippen molar-refractivity contribution in [1.29, 1.82) is 0 Å². The third-order valence-electron chi connectivity index (χ3n) is 3.92. The third kappa shape index (κ3) is 2.48. The van der Waals surface area contributed by atoms with Crippen molar-refractivity contribution < 1.29 is 4.74 Å². The standard InChI is InChI=1S/C12H23NO/c1-9-6-11(8-14-9)12(13)7-10-4-2-3-5-10/h9-12H,2-8,13H2,1H3. The van der Waals surface area contributed by atoms with E-state index in [-0.39, 0.29) is 0 Å². The van der Waals surface area contributed by atoms with Gasteiger partial charge in [0.2, 0.25) is 0 Å². The Hall–Kier alpha value is -0.0800. The molecule has 2 rings (SSSR count). The van der Waals surface area contributed by atoms with Gasteiger partial charge in [-0.25, -0.2) is 0 Å². The van der Waals surface area contributed by atoms with E-state index in [0.717, 1.165) is 12.5 Å². The normalized spacial score (nSPS) is 36.4. The molecule has 2 nitrogen and oxygen atoms in total. The van der Waals surface area contributed by atoms with Gasteiger partial charge in [-0.3, -0.25) is 0 Å². The van der Waals surface area contributed by atoms with Crippen LogP contribution in [0, 0.1) is 11.8 Å². The van der Waals surface area contributed by atoms with Crippen molar-refractivity contribution in [3.63, 3.8) is 0 Å². The van der Waals surface area contributed by atoms with Crippen molar-refractivity contribution in [2.45, 2.75) is 57.6 Å². The maximum atomic E-state index is 6.24. The molecule has 0 radical (unpaired) electrons. The number of ether oxygens (including phenoxy) is 1. The molecule has 14 heavy (non-hydrogen) atoms. The van der Waals surface area contributed by atoms with Gasteiger partial charge in [0.1, 0.15) is 0 Å². The molecule has 0 aromatic carbocycles. The molecule has 0 amide bonds. The van der Waals surface area contributed by atoms with Crippen LogP contribution >= 0.6 is 0 Å². The molecule has 0 aromatic heterocycles. The number of rotatable bonds is 3. The van der Waals surface area contributed by atoms with Crippen molar-refractivity contribution in [2.75, 3.05) is 6.61 Å². The van der Waals surface area contributed by atoms with Gasteiger partial charge >= 0.3 is 0 Å². The van der Waals surface area contributed by atoms with E-state index in [9.17, 15) is 0 Å². The van der Waals surface area contributed by atoms with Crippen LogP contribution in [-0.2, 0) is 4.74 Å². The van der Waals surface area contributed by atoms with Gasteiger partial charge in [-0.2, -0.15) is 0 Å². The van der Waals surface area contributed by atoms with Gasteiger partial charge in [-0.15, -0.1) is 0 Å². The van der Waals surface area contributed by atoms with Crippen molar-refractivity contribution in [3.8, 4) is 0 Å². The summed E-state index contributed by atoms with van der Waals surface area (Å²) in [6.07, 6.45) is 8.53. The van der Waals surface area contributed by atoms with Gasteiger partial charge < -0.3 is 10.5 Å². The molecular weight excluding hydrogens is 174 g/mol. The van der Waals surface area contributed by atoms with Crippen molar-refractivity contribution >= 4 is 0 Å².